The van der Waals surface area contributed by atoms with Crippen molar-refractivity contribution in [1.29, 1.82) is 0 Å². The molecule has 0 saturated heterocycles. The topological polar surface area (TPSA) is 73.1 Å². The first-order valence-electron chi connectivity index (χ1n) is 8.28. The van der Waals surface area contributed by atoms with E-state index in [-0.39, 0.29) is 12.5 Å². The molecule has 0 bridgehead atoms. The Balaban J connectivity index is 2.56. The van der Waals surface area contributed by atoms with Gasteiger partial charge in [0.1, 0.15) is 6.54 Å². The van der Waals surface area contributed by atoms with Gasteiger partial charge in [-0.15, -0.1) is 0 Å². The van der Waals surface area contributed by atoms with Crippen LogP contribution in [0.4, 0.5) is 0 Å². The van der Waals surface area contributed by atoms with Gasteiger partial charge in [0, 0.05) is 12.1 Å². The molecule has 0 atom stereocenters. The van der Waals surface area contributed by atoms with E-state index in [2.05, 4.69) is 5.32 Å². The number of amides is 1. The minimum absolute atomic E-state index is 0.272. The Bertz CT molecular complexity index is 856. The highest BCUT2D eigenvalue weighted by atomic mass is 16.2. The minimum Gasteiger partial charge on any atom is -0.350 e. The lowest BCUT2D eigenvalue weighted by atomic mass is 10.1. The number of carbonyl (C=O) groups is 1. The van der Waals surface area contributed by atoms with Gasteiger partial charge in [0.05, 0.1) is 10.9 Å². The molecule has 0 aliphatic carbocycles. The van der Waals surface area contributed by atoms with Gasteiger partial charge in [0.25, 0.3) is 5.56 Å². The summed E-state index contributed by atoms with van der Waals surface area (Å²) >= 11 is 0. The molecule has 130 valence electrons. The summed E-state index contributed by atoms with van der Waals surface area (Å²) in [5.74, 6) is -0.348. The third-order valence-electron chi connectivity index (χ3n) is 3.68. The molecule has 0 aliphatic rings. The number of fused-ring (bicyclic) bond motifs is 1. The van der Waals surface area contributed by atoms with Crippen molar-refractivity contribution in [3.63, 3.8) is 0 Å². The van der Waals surface area contributed by atoms with Crippen molar-refractivity contribution in [3.8, 4) is 0 Å². The zero-order valence-corrected chi connectivity index (χ0v) is 14.8. The number of nitrogens with zero attached hydrogens (tertiary/aromatic N) is 2. The molecule has 24 heavy (non-hydrogen) atoms. The van der Waals surface area contributed by atoms with E-state index < -0.39 is 16.8 Å². The largest absolute Gasteiger partial charge is 0.350 e. The number of benzene rings is 1. The second-order valence-electron chi connectivity index (χ2n) is 6.99. The van der Waals surface area contributed by atoms with Crippen LogP contribution in [0.3, 0.4) is 0 Å². The average molecular weight is 331 g/mol. The standard InChI is InChI=1S/C18H25N3O3/c1-5-6-11-20-14-10-8-7-9-13(14)16(23)21(17(20)24)12-15(22)19-18(2,3)4/h7-10H,5-6,11-12H2,1-4H3,(H,19,22). The molecule has 1 heterocycles. The monoisotopic (exact) mass is 331 g/mol. The molecule has 0 spiro atoms. The maximum Gasteiger partial charge on any atom is 0.331 e. The van der Waals surface area contributed by atoms with E-state index in [0.717, 1.165) is 17.4 Å². The van der Waals surface area contributed by atoms with Crippen LogP contribution in [0, 0.1) is 0 Å². The molecule has 1 aromatic carbocycles. The number of para-hydroxylation sites is 1. The molecule has 6 nitrogen and oxygen atoms in total. The van der Waals surface area contributed by atoms with Gasteiger partial charge in [-0.2, -0.15) is 0 Å². The van der Waals surface area contributed by atoms with E-state index in [1.54, 1.807) is 28.8 Å². The van der Waals surface area contributed by atoms with Gasteiger partial charge >= 0.3 is 5.69 Å². The van der Waals surface area contributed by atoms with E-state index in [1.165, 1.54) is 0 Å². The lowest BCUT2D eigenvalue weighted by Gasteiger charge is -2.21. The number of carbonyl (C=O) groups excluding carboxylic acids is 1. The van der Waals surface area contributed by atoms with Crippen LogP contribution in [0.1, 0.15) is 40.5 Å². The van der Waals surface area contributed by atoms with Gasteiger partial charge < -0.3 is 5.32 Å². The van der Waals surface area contributed by atoms with Crippen LogP contribution in [-0.2, 0) is 17.9 Å². The van der Waals surface area contributed by atoms with E-state index in [4.69, 9.17) is 0 Å². The Labute approximate surface area is 141 Å². The Morgan fingerprint density at radius 2 is 1.79 bits per heavy atom. The zero-order valence-electron chi connectivity index (χ0n) is 14.8. The minimum atomic E-state index is -0.434. The van der Waals surface area contributed by atoms with Crippen molar-refractivity contribution in [2.75, 3.05) is 0 Å². The third-order valence-corrected chi connectivity index (χ3v) is 3.68. The normalized spacial score (nSPS) is 11.7. The number of aromatic nitrogens is 2. The van der Waals surface area contributed by atoms with Gasteiger partial charge in [-0.05, 0) is 39.3 Å². The number of hydrogen-bond donors (Lipinski definition) is 1. The van der Waals surface area contributed by atoms with Crippen LogP contribution in [0.25, 0.3) is 10.9 Å². The second-order valence-corrected chi connectivity index (χ2v) is 6.99. The van der Waals surface area contributed by atoms with E-state index in [0.29, 0.717) is 17.4 Å². The lowest BCUT2D eigenvalue weighted by Crippen LogP contribution is -2.47. The highest BCUT2D eigenvalue weighted by molar-refractivity contribution is 5.79. The maximum absolute atomic E-state index is 12.8. The first-order valence-corrected chi connectivity index (χ1v) is 8.28. The van der Waals surface area contributed by atoms with Crippen LogP contribution >= 0.6 is 0 Å². The Morgan fingerprint density at radius 3 is 2.42 bits per heavy atom. The molecule has 1 amide bonds. The summed E-state index contributed by atoms with van der Waals surface area (Å²) < 4.78 is 2.61. The van der Waals surface area contributed by atoms with Gasteiger partial charge in [-0.25, -0.2) is 4.79 Å². The molecule has 0 fully saturated rings. The first kappa shape index (κ1) is 18.0. The molecule has 0 aliphatic heterocycles. The molecule has 1 N–H and O–H groups in total. The Kier molecular flexibility index (Phi) is 5.26. The average Bonchev–Trinajstić information content (AvgIpc) is 2.50. The van der Waals surface area contributed by atoms with Gasteiger partial charge in [-0.1, -0.05) is 25.5 Å². The van der Waals surface area contributed by atoms with Crippen molar-refractivity contribution in [2.24, 2.45) is 0 Å². The number of rotatable bonds is 5. The SMILES string of the molecule is CCCCn1c(=O)n(CC(=O)NC(C)(C)C)c(=O)c2ccccc21. The summed E-state index contributed by atoms with van der Waals surface area (Å²) in [4.78, 5) is 37.6. The quantitative estimate of drug-likeness (QED) is 0.909. The molecule has 2 rings (SSSR count). The summed E-state index contributed by atoms with van der Waals surface area (Å²) in [6, 6.07) is 7.03. The number of hydrogen-bond acceptors (Lipinski definition) is 3. The third kappa shape index (κ3) is 3.93. The van der Waals surface area contributed by atoms with Crippen LogP contribution in [0.2, 0.25) is 0 Å². The predicted molar refractivity (Wildman–Crippen MR) is 95.3 cm³/mol. The van der Waals surface area contributed by atoms with Gasteiger partial charge in [0.15, 0.2) is 0 Å². The van der Waals surface area contributed by atoms with Crippen molar-refractivity contribution >= 4 is 16.8 Å². The fourth-order valence-electron chi connectivity index (χ4n) is 2.64. The zero-order chi connectivity index (χ0) is 17.9. The van der Waals surface area contributed by atoms with Crippen LogP contribution in [0.15, 0.2) is 33.9 Å². The summed E-state index contributed by atoms with van der Waals surface area (Å²) in [6.45, 7) is 7.86. The van der Waals surface area contributed by atoms with Crippen molar-refractivity contribution in [3.05, 3.63) is 45.1 Å². The highest BCUT2D eigenvalue weighted by Crippen LogP contribution is 2.08. The molecule has 2 aromatic rings. The summed E-state index contributed by atoms with van der Waals surface area (Å²) in [5.41, 5.74) is -0.657. The van der Waals surface area contributed by atoms with E-state index >= 15 is 0 Å². The fraction of sp³-hybridized carbons (Fsp3) is 0.500. The van der Waals surface area contributed by atoms with Crippen molar-refractivity contribution < 1.29 is 4.79 Å². The number of aryl methyl sites for hydroxylation is 1. The van der Waals surface area contributed by atoms with E-state index in [9.17, 15) is 14.4 Å². The Morgan fingerprint density at radius 1 is 1.12 bits per heavy atom. The van der Waals surface area contributed by atoms with Gasteiger partial charge in [-0.3, -0.25) is 18.7 Å². The first-order chi connectivity index (χ1) is 11.2. The van der Waals surface area contributed by atoms with Crippen LogP contribution in [0.5, 0.6) is 0 Å². The van der Waals surface area contributed by atoms with Crippen molar-refractivity contribution in [2.45, 2.75) is 59.2 Å². The maximum atomic E-state index is 12.8. The molecular formula is C18H25N3O3. The predicted octanol–water partition coefficient (Wildman–Crippen LogP) is 1.88. The van der Waals surface area contributed by atoms with Gasteiger partial charge in [0.2, 0.25) is 5.91 Å². The number of nitrogens with one attached hydrogen (secondary N) is 1. The molecule has 0 radical (unpaired) electrons. The van der Waals surface area contributed by atoms with E-state index in [1.807, 2.05) is 27.7 Å². The lowest BCUT2D eigenvalue weighted by molar-refractivity contribution is -0.123. The molecular weight excluding hydrogens is 306 g/mol. The summed E-state index contributed by atoms with van der Waals surface area (Å²) in [6.07, 6.45) is 1.76. The second kappa shape index (κ2) is 7.03. The highest BCUT2D eigenvalue weighted by Gasteiger charge is 2.18. The number of unbranched alkanes of at least 4 members (excludes halogenated alkanes) is 1. The van der Waals surface area contributed by atoms with Crippen LogP contribution < -0.4 is 16.6 Å². The Hall–Kier alpha value is -2.37. The molecule has 0 unspecified atom stereocenters. The van der Waals surface area contributed by atoms with Crippen molar-refractivity contribution in [1.82, 2.24) is 14.5 Å². The molecule has 0 saturated carbocycles. The van der Waals surface area contributed by atoms with Crippen LogP contribution in [-0.4, -0.2) is 20.6 Å². The molecule has 1 aromatic heterocycles. The summed E-state index contributed by atoms with van der Waals surface area (Å²) in [5, 5.41) is 3.24. The summed E-state index contributed by atoms with van der Waals surface area (Å²) in [7, 11) is 0. The smallest absolute Gasteiger partial charge is 0.331 e. The fourth-order valence-corrected chi connectivity index (χ4v) is 2.64. The molecule has 6 heteroatoms.